The van der Waals surface area contributed by atoms with Crippen LogP contribution in [0.2, 0.25) is 0 Å². The Hall–Kier alpha value is -1.48. The molecule has 0 saturated carbocycles. The number of carbonyl (C=O) groups excluding carboxylic acids is 1. The second-order valence-electron chi connectivity index (χ2n) is 6.01. The third-order valence-electron chi connectivity index (χ3n) is 4.39. The van der Waals surface area contributed by atoms with Crippen LogP contribution in [-0.2, 0) is 14.8 Å². The molecule has 2 saturated heterocycles. The summed E-state index contributed by atoms with van der Waals surface area (Å²) in [5.41, 5.74) is 0.211. The van der Waals surface area contributed by atoms with Crippen molar-refractivity contribution in [1.82, 2.24) is 14.9 Å². The van der Waals surface area contributed by atoms with Gasteiger partial charge in [-0.3, -0.25) is 4.79 Å². The van der Waals surface area contributed by atoms with Crippen LogP contribution in [0, 0.1) is 0 Å². The molecule has 0 unspecified atom stereocenters. The second kappa shape index (κ2) is 7.60. The van der Waals surface area contributed by atoms with Gasteiger partial charge in [0.05, 0.1) is 23.7 Å². The van der Waals surface area contributed by atoms with Gasteiger partial charge in [0.2, 0.25) is 10.0 Å². The minimum absolute atomic E-state index is 0.0679. The van der Waals surface area contributed by atoms with Gasteiger partial charge in [-0.05, 0) is 38.1 Å². The summed E-state index contributed by atoms with van der Waals surface area (Å²) in [7, 11) is -3.70. The van der Waals surface area contributed by atoms with Gasteiger partial charge in [-0.2, -0.15) is 4.31 Å². The van der Waals surface area contributed by atoms with Crippen LogP contribution < -0.4 is 10.6 Å². The highest BCUT2D eigenvalue weighted by molar-refractivity contribution is 7.89. The molecule has 2 N–H and O–H groups in total. The molecule has 3 rings (SSSR count). The zero-order valence-electron chi connectivity index (χ0n) is 13.5. The first-order valence-electron chi connectivity index (χ1n) is 8.27. The van der Waals surface area contributed by atoms with Crippen molar-refractivity contribution in [2.24, 2.45) is 0 Å². The molecule has 0 aromatic heterocycles. The number of sulfonamides is 1. The first kappa shape index (κ1) is 17.3. The lowest BCUT2D eigenvalue weighted by Gasteiger charge is -2.27. The van der Waals surface area contributed by atoms with Crippen molar-refractivity contribution in [1.29, 1.82) is 0 Å². The quantitative estimate of drug-likeness (QED) is 0.807. The third-order valence-corrected chi connectivity index (χ3v) is 6.35. The van der Waals surface area contributed by atoms with Gasteiger partial charge in [0.1, 0.15) is 0 Å². The Balaban J connectivity index is 1.82. The van der Waals surface area contributed by atoms with E-state index < -0.39 is 10.0 Å². The maximum Gasteiger partial charge on any atom is 0.252 e. The topological polar surface area (TPSA) is 87.7 Å². The van der Waals surface area contributed by atoms with E-state index in [0.29, 0.717) is 26.3 Å². The number of amides is 1. The Bertz CT molecular complexity index is 680. The number of benzene rings is 1. The van der Waals surface area contributed by atoms with E-state index in [4.69, 9.17) is 4.74 Å². The number of rotatable bonds is 4. The number of hydrogen-bond donors (Lipinski definition) is 2. The molecule has 2 aliphatic heterocycles. The van der Waals surface area contributed by atoms with Gasteiger partial charge in [-0.15, -0.1) is 0 Å². The van der Waals surface area contributed by atoms with E-state index in [1.165, 1.54) is 10.4 Å². The predicted octanol–water partition coefficient (Wildman–Crippen LogP) is 0.189. The Morgan fingerprint density at radius 2 is 1.83 bits per heavy atom. The number of piperidine rings is 1. The molecule has 1 amide bonds. The standard InChI is InChI=1S/C16H23N3O4S/c20-16(18-13-5-7-17-8-6-13)14-3-1-2-4-15(14)24(21,22)19-9-11-23-12-10-19/h1-4,13,17H,5-12H2,(H,18,20). The van der Waals surface area contributed by atoms with Crippen molar-refractivity contribution in [3.8, 4) is 0 Å². The first-order valence-corrected chi connectivity index (χ1v) is 9.71. The van der Waals surface area contributed by atoms with Crippen LogP contribution in [0.25, 0.3) is 0 Å². The van der Waals surface area contributed by atoms with Crippen LogP contribution in [0.4, 0.5) is 0 Å². The summed E-state index contributed by atoms with van der Waals surface area (Å²) in [4.78, 5) is 12.7. The first-order chi connectivity index (χ1) is 11.6. The fraction of sp³-hybridized carbons (Fsp3) is 0.562. The van der Waals surface area contributed by atoms with Crippen LogP contribution in [0.5, 0.6) is 0 Å². The van der Waals surface area contributed by atoms with Crippen LogP contribution in [-0.4, -0.2) is 64.1 Å². The van der Waals surface area contributed by atoms with E-state index in [-0.39, 0.29) is 22.4 Å². The summed E-state index contributed by atoms with van der Waals surface area (Å²) < 4.78 is 32.4. The Kier molecular flexibility index (Phi) is 5.50. The highest BCUT2D eigenvalue weighted by Gasteiger charge is 2.30. The van der Waals surface area contributed by atoms with Gasteiger partial charge in [-0.25, -0.2) is 8.42 Å². The molecule has 0 radical (unpaired) electrons. The maximum absolute atomic E-state index is 12.9. The normalized spacial score (nSPS) is 20.7. The smallest absolute Gasteiger partial charge is 0.252 e. The number of hydrogen-bond acceptors (Lipinski definition) is 5. The number of carbonyl (C=O) groups is 1. The number of ether oxygens (including phenoxy) is 1. The van der Waals surface area contributed by atoms with Crippen LogP contribution in [0.15, 0.2) is 29.2 Å². The van der Waals surface area contributed by atoms with Crippen LogP contribution in [0.3, 0.4) is 0 Å². The van der Waals surface area contributed by atoms with E-state index in [0.717, 1.165) is 25.9 Å². The third kappa shape index (κ3) is 3.77. The molecule has 0 aliphatic carbocycles. The average molecular weight is 353 g/mol. The molecule has 7 nitrogen and oxygen atoms in total. The van der Waals surface area contributed by atoms with E-state index >= 15 is 0 Å². The molecular weight excluding hydrogens is 330 g/mol. The predicted molar refractivity (Wildman–Crippen MR) is 89.4 cm³/mol. The van der Waals surface area contributed by atoms with Crippen molar-refractivity contribution in [3.05, 3.63) is 29.8 Å². The molecule has 132 valence electrons. The maximum atomic E-state index is 12.9. The van der Waals surface area contributed by atoms with Crippen molar-refractivity contribution in [2.75, 3.05) is 39.4 Å². The zero-order valence-corrected chi connectivity index (χ0v) is 14.3. The fourth-order valence-corrected chi connectivity index (χ4v) is 4.63. The average Bonchev–Trinajstić information content (AvgIpc) is 2.63. The minimum atomic E-state index is -3.70. The lowest BCUT2D eigenvalue weighted by atomic mass is 10.1. The molecule has 1 aromatic rings. The molecule has 2 fully saturated rings. The summed E-state index contributed by atoms with van der Waals surface area (Å²) in [6.07, 6.45) is 1.70. The highest BCUT2D eigenvalue weighted by Crippen LogP contribution is 2.21. The van der Waals surface area contributed by atoms with E-state index in [1.54, 1.807) is 18.2 Å². The highest BCUT2D eigenvalue weighted by atomic mass is 32.2. The monoisotopic (exact) mass is 353 g/mol. The van der Waals surface area contributed by atoms with Gasteiger partial charge in [0, 0.05) is 19.1 Å². The summed E-state index contributed by atoms with van der Waals surface area (Å²) >= 11 is 0. The molecule has 0 atom stereocenters. The lowest BCUT2D eigenvalue weighted by molar-refractivity contribution is 0.0729. The molecule has 8 heteroatoms. The minimum Gasteiger partial charge on any atom is -0.379 e. The molecule has 2 heterocycles. The second-order valence-corrected chi connectivity index (χ2v) is 7.92. The molecule has 0 bridgehead atoms. The van der Waals surface area contributed by atoms with Gasteiger partial charge in [0.15, 0.2) is 0 Å². The Labute approximate surface area is 142 Å². The van der Waals surface area contributed by atoms with Crippen LogP contribution in [0.1, 0.15) is 23.2 Å². The summed E-state index contributed by atoms with van der Waals surface area (Å²) in [5, 5.41) is 6.20. The van der Waals surface area contributed by atoms with Crippen LogP contribution >= 0.6 is 0 Å². The molecule has 0 spiro atoms. The van der Waals surface area contributed by atoms with Crippen molar-refractivity contribution in [2.45, 2.75) is 23.8 Å². The Morgan fingerprint density at radius 3 is 2.54 bits per heavy atom. The summed E-state index contributed by atoms with van der Waals surface area (Å²) in [6.45, 7) is 3.10. The van der Waals surface area contributed by atoms with Gasteiger partial charge in [0.25, 0.3) is 5.91 Å². The van der Waals surface area contributed by atoms with E-state index in [2.05, 4.69) is 10.6 Å². The number of morpholine rings is 1. The summed E-state index contributed by atoms with van der Waals surface area (Å²) in [5.74, 6) is -0.325. The number of nitrogens with zero attached hydrogens (tertiary/aromatic N) is 1. The van der Waals surface area contributed by atoms with Gasteiger partial charge >= 0.3 is 0 Å². The Morgan fingerprint density at radius 1 is 1.17 bits per heavy atom. The summed E-state index contributed by atoms with van der Waals surface area (Å²) in [6, 6.07) is 6.49. The number of nitrogens with one attached hydrogen (secondary N) is 2. The largest absolute Gasteiger partial charge is 0.379 e. The van der Waals surface area contributed by atoms with Crippen molar-refractivity contribution in [3.63, 3.8) is 0 Å². The van der Waals surface area contributed by atoms with Gasteiger partial charge in [-0.1, -0.05) is 12.1 Å². The van der Waals surface area contributed by atoms with Crippen molar-refractivity contribution >= 4 is 15.9 Å². The van der Waals surface area contributed by atoms with Crippen molar-refractivity contribution < 1.29 is 17.9 Å². The van der Waals surface area contributed by atoms with E-state index in [9.17, 15) is 13.2 Å². The zero-order chi connectivity index (χ0) is 17.0. The molecule has 1 aromatic carbocycles. The fourth-order valence-electron chi connectivity index (χ4n) is 3.03. The SMILES string of the molecule is O=C(NC1CCNCC1)c1ccccc1S(=O)(=O)N1CCOCC1. The van der Waals surface area contributed by atoms with E-state index in [1.807, 2.05) is 0 Å². The lowest BCUT2D eigenvalue weighted by Crippen LogP contribution is -2.44. The molecule has 2 aliphatic rings. The molecule has 24 heavy (non-hydrogen) atoms. The van der Waals surface area contributed by atoms with Gasteiger partial charge < -0.3 is 15.4 Å². The molecular formula is C16H23N3O4S.